The number of carbonyl (C=O) groups excluding carboxylic acids is 1. The van der Waals surface area contributed by atoms with Crippen LogP contribution in [-0.4, -0.2) is 29.2 Å². The molecule has 0 saturated heterocycles. The number of ether oxygens (including phenoxy) is 2. The van der Waals surface area contributed by atoms with E-state index in [2.05, 4.69) is 10.3 Å². The second-order valence-corrected chi connectivity index (χ2v) is 5.95. The number of nitrogens with one attached hydrogen (secondary N) is 1. The number of aromatic nitrogens is 2. The summed E-state index contributed by atoms with van der Waals surface area (Å²) in [4.78, 5) is 29.0. The van der Waals surface area contributed by atoms with Gasteiger partial charge in [0.1, 0.15) is 18.0 Å². The highest BCUT2D eigenvalue weighted by Gasteiger charge is 2.10. The van der Waals surface area contributed by atoms with Crippen LogP contribution in [0.15, 0.2) is 65.7 Å². The number of rotatable bonds is 7. The Morgan fingerprint density at radius 1 is 1.14 bits per heavy atom. The number of benzene rings is 2. The summed E-state index contributed by atoms with van der Waals surface area (Å²) < 4.78 is 11.9. The predicted molar refractivity (Wildman–Crippen MR) is 107 cm³/mol. The number of hydrogen-bond acceptors (Lipinski definition) is 5. The van der Waals surface area contributed by atoms with E-state index in [1.165, 1.54) is 24.1 Å². The summed E-state index contributed by atoms with van der Waals surface area (Å²) in [6.45, 7) is 2.36. The first-order chi connectivity index (χ1) is 13.6. The number of nitrogens with zero attached hydrogens (tertiary/aromatic N) is 2. The van der Waals surface area contributed by atoms with E-state index >= 15 is 0 Å². The molecule has 0 bridgehead atoms. The zero-order valence-corrected chi connectivity index (χ0v) is 15.7. The highest BCUT2D eigenvalue weighted by Crippen LogP contribution is 2.23. The van der Waals surface area contributed by atoms with Gasteiger partial charge in [-0.2, -0.15) is 0 Å². The van der Waals surface area contributed by atoms with Crippen molar-refractivity contribution < 1.29 is 14.3 Å². The largest absolute Gasteiger partial charge is 0.495 e. The van der Waals surface area contributed by atoms with Gasteiger partial charge in [-0.3, -0.25) is 14.2 Å². The molecule has 1 amide bonds. The number of amides is 1. The Bertz CT molecular complexity index is 1010. The zero-order chi connectivity index (χ0) is 19.9. The third-order valence-electron chi connectivity index (χ3n) is 4.04. The van der Waals surface area contributed by atoms with Crippen LogP contribution in [-0.2, 0) is 11.3 Å². The molecule has 3 rings (SSSR count). The molecule has 144 valence electrons. The molecule has 0 radical (unpaired) electrons. The normalized spacial score (nSPS) is 10.4. The monoisotopic (exact) mass is 379 g/mol. The highest BCUT2D eigenvalue weighted by molar-refractivity contribution is 5.92. The van der Waals surface area contributed by atoms with Gasteiger partial charge in [0.2, 0.25) is 5.91 Å². The zero-order valence-electron chi connectivity index (χ0n) is 15.7. The number of hydrogen-bond donors (Lipinski definition) is 1. The maximum atomic E-state index is 12.4. The first-order valence-electron chi connectivity index (χ1n) is 8.83. The summed E-state index contributed by atoms with van der Waals surface area (Å²) in [5.74, 6) is 0.960. The van der Waals surface area contributed by atoms with E-state index in [1.807, 2.05) is 37.3 Å². The van der Waals surface area contributed by atoms with Crippen molar-refractivity contribution in [1.29, 1.82) is 0 Å². The number of para-hydroxylation sites is 2. The summed E-state index contributed by atoms with van der Waals surface area (Å²) in [5, 5.41) is 2.74. The number of methoxy groups -OCH3 is 1. The molecule has 1 heterocycles. The third-order valence-corrected chi connectivity index (χ3v) is 4.04. The maximum Gasteiger partial charge on any atom is 0.254 e. The van der Waals surface area contributed by atoms with Gasteiger partial charge in [0.05, 0.1) is 31.4 Å². The van der Waals surface area contributed by atoms with Crippen molar-refractivity contribution in [2.75, 3.05) is 19.0 Å². The van der Waals surface area contributed by atoms with E-state index < -0.39 is 0 Å². The molecular weight excluding hydrogens is 358 g/mol. The average Bonchev–Trinajstić information content (AvgIpc) is 2.71. The molecular formula is C21H21N3O4. The number of carbonyl (C=O) groups is 1. The Morgan fingerprint density at radius 2 is 1.89 bits per heavy atom. The Balaban J connectivity index is 1.72. The van der Waals surface area contributed by atoms with Gasteiger partial charge in [-0.1, -0.05) is 12.1 Å². The lowest BCUT2D eigenvalue weighted by Crippen LogP contribution is -2.27. The van der Waals surface area contributed by atoms with Crippen LogP contribution in [0, 0.1) is 0 Å². The van der Waals surface area contributed by atoms with Gasteiger partial charge in [0.25, 0.3) is 5.56 Å². The van der Waals surface area contributed by atoms with Gasteiger partial charge in [0, 0.05) is 11.6 Å². The smallest absolute Gasteiger partial charge is 0.254 e. The summed E-state index contributed by atoms with van der Waals surface area (Å²) in [6, 6.07) is 15.8. The Hall–Kier alpha value is -3.61. The van der Waals surface area contributed by atoms with Crippen LogP contribution in [0.1, 0.15) is 6.92 Å². The lowest BCUT2D eigenvalue weighted by atomic mass is 10.1. The fraction of sp³-hybridized carbons (Fsp3) is 0.190. The molecule has 0 atom stereocenters. The minimum absolute atomic E-state index is 0.145. The molecule has 28 heavy (non-hydrogen) atoms. The second kappa shape index (κ2) is 8.85. The molecule has 7 heteroatoms. The molecule has 0 aliphatic heterocycles. The molecule has 7 nitrogen and oxygen atoms in total. The summed E-state index contributed by atoms with van der Waals surface area (Å²) in [7, 11) is 1.53. The van der Waals surface area contributed by atoms with Crippen LogP contribution in [0.4, 0.5) is 5.69 Å². The van der Waals surface area contributed by atoms with Gasteiger partial charge >= 0.3 is 0 Å². The summed E-state index contributed by atoms with van der Waals surface area (Å²) in [6.07, 6.45) is 1.37. The van der Waals surface area contributed by atoms with Crippen molar-refractivity contribution >= 4 is 11.6 Å². The van der Waals surface area contributed by atoms with Crippen LogP contribution < -0.4 is 20.3 Å². The molecule has 1 aromatic heterocycles. The quantitative estimate of drug-likeness (QED) is 0.682. The summed E-state index contributed by atoms with van der Waals surface area (Å²) in [5.41, 5.74) is 1.57. The third kappa shape index (κ3) is 4.56. The van der Waals surface area contributed by atoms with Crippen molar-refractivity contribution in [2.45, 2.75) is 13.5 Å². The van der Waals surface area contributed by atoms with E-state index in [0.717, 1.165) is 11.3 Å². The molecule has 0 spiro atoms. The van der Waals surface area contributed by atoms with Gasteiger partial charge < -0.3 is 14.8 Å². The Labute approximate surface area is 162 Å². The van der Waals surface area contributed by atoms with E-state index in [-0.39, 0.29) is 18.0 Å². The van der Waals surface area contributed by atoms with Crippen molar-refractivity contribution in [2.24, 2.45) is 0 Å². The van der Waals surface area contributed by atoms with Crippen molar-refractivity contribution in [3.05, 3.63) is 71.3 Å². The molecule has 0 unspecified atom stereocenters. The minimum Gasteiger partial charge on any atom is -0.495 e. The van der Waals surface area contributed by atoms with Gasteiger partial charge in [-0.15, -0.1) is 0 Å². The van der Waals surface area contributed by atoms with E-state index in [1.54, 1.807) is 18.2 Å². The topological polar surface area (TPSA) is 82.5 Å². The average molecular weight is 379 g/mol. The maximum absolute atomic E-state index is 12.4. The van der Waals surface area contributed by atoms with Crippen molar-refractivity contribution in [1.82, 2.24) is 9.55 Å². The van der Waals surface area contributed by atoms with E-state index in [0.29, 0.717) is 23.7 Å². The van der Waals surface area contributed by atoms with Crippen LogP contribution >= 0.6 is 0 Å². The first kappa shape index (κ1) is 19.2. The SMILES string of the molecule is CCOc1ccc(-c2cc(=O)n(CC(=O)Nc3ccccc3OC)cn2)cc1. The fourth-order valence-electron chi connectivity index (χ4n) is 2.68. The molecule has 1 N–H and O–H groups in total. The lowest BCUT2D eigenvalue weighted by Gasteiger charge is -2.11. The second-order valence-electron chi connectivity index (χ2n) is 5.95. The molecule has 0 fully saturated rings. The van der Waals surface area contributed by atoms with Gasteiger partial charge in [0.15, 0.2) is 0 Å². The molecule has 3 aromatic rings. The van der Waals surface area contributed by atoms with Crippen molar-refractivity contribution in [3.63, 3.8) is 0 Å². The Kier molecular flexibility index (Phi) is 6.06. The molecule has 0 saturated carbocycles. The van der Waals surface area contributed by atoms with Gasteiger partial charge in [-0.25, -0.2) is 4.98 Å². The van der Waals surface area contributed by atoms with Crippen LogP contribution in [0.3, 0.4) is 0 Å². The minimum atomic E-state index is -0.345. The summed E-state index contributed by atoms with van der Waals surface area (Å²) >= 11 is 0. The standard InChI is InChI=1S/C21H21N3O4/c1-3-28-16-10-8-15(9-11-16)18-12-21(26)24(14-22-18)13-20(25)23-17-6-4-5-7-19(17)27-2/h4-12,14H,3,13H2,1-2H3,(H,23,25). The van der Waals surface area contributed by atoms with Gasteiger partial charge in [-0.05, 0) is 43.3 Å². The lowest BCUT2D eigenvalue weighted by molar-refractivity contribution is -0.116. The number of anilines is 1. The molecule has 0 aliphatic carbocycles. The van der Waals surface area contributed by atoms with E-state index in [9.17, 15) is 9.59 Å². The van der Waals surface area contributed by atoms with Crippen LogP contribution in [0.2, 0.25) is 0 Å². The fourth-order valence-corrected chi connectivity index (χ4v) is 2.68. The predicted octanol–water partition coefficient (Wildman–Crippen LogP) is 2.96. The van der Waals surface area contributed by atoms with Crippen molar-refractivity contribution in [3.8, 4) is 22.8 Å². The first-order valence-corrected chi connectivity index (χ1v) is 8.83. The Morgan fingerprint density at radius 3 is 2.57 bits per heavy atom. The highest BCUT2D eigenvalue weighted by atomic mass is 16.5. The van der Waals surface area contributed by atoms with E-state index in [4.69, 9.17) is 9.47 Å². The van der Waals surface area contributed by atoms with Crippen LogP contribution in [0.5, 0.6) is 11.5 Å². The molecule has 2 aromatic carbocycles. The van der Waals surface area contributed by atoms with Crippen LogP contribution in [0.25, 0.3) is 11.3 Å². The molecule has 0 aliphatic rings.